The fraction of sp³-hybridized carbons (Fsp3) is 0.235. The molecule has 1 amide bonds. The number of pyridine rings is 1. The number of aromatic nitrogens is 1. The van der Waals surface area contributed by atoms with Gasteiger partial charge in [0.2, 0.25) is 5.91 Å². The molecule has 1 aromatic carbocycles. The van der Waals surface area contributed by atoms with Gasteiger partial charge in [-0.2, -0.15) is 5.26 Å². The zero-order valence-electron chi connectivity index (χ0n) is 12.3. The second kappa shape index (κ2) is 5.86. The molecule has 0 unspecified atom stereocenters. The first-order chi connectivity index (χ1) is 10.7. The van der Waals surface area contributed by atoms with Crippen LogP contribution in [-0.2, 0) is 17.8 Å². The summed E-state index contributed by atoms with van der Waals surface area (Å²) >= 11 is 0. The molecule has 2 heterocycles. The molecule has 0 saturated heterocycles. The van der Waals surface area contributed by atoms with E-state index in [2.05, 4.69) is 27.3 Å². The topological polar surface area (TPSA) is 69.0 Å². The van der Waals surface area contributed by atoms with E-state index < -0.39 is 0 Å². The van der Waals surface area contributed by atoms with Gasteiger partial charge < -0.3 is 10.2 Å². The molecule has 1 aliphatic heterocycles. The lowest BCUT2D eigenvalue weighted by Crippen LogP contribution is -2.32. The maximum atomic E-state index is 11.3. The number of carbonyl (C=O) groups is 1. The summed E-state index contributed by atoms with van der Waals surface area (Å²) < 4.78 is 0. The lowest BCUT2D eigenvalue weighted by molar-refractivity contribution is -0.114. The first-order valence-corrected chi connectivity index (χ1v) is 7.17. The van der Waals surface area contributed by atoms with E-state index in [1.807, 2.05) is 12.1 Å². The number of nitriles is 1. The first-order valence-electron chi connectivity index (χ1n) is 7.17. The molecule has 0 saturated carbocycles. The Balaban J connectivity index is 1.92. The van der Waals surface area contributed by atoms with Crippen molar-refractivity contribution in [2.75, 3.05) is 16.8 Å². The second-order valence-electron chi connectivity index (χ2n) is 5.28. The van der Waals surface area contributed by atoms with Crippen LogP contribution in [0.5, 0.6) is 0 Å². The zero-order chi connectivity index (χ0) is 15.5. The van der Waals surface area contributed by atoms with Gasteiger partial charge in [0.25, 0.3) is 0 Å². The summed E-state index contributed by atoms with van der Waals surface area (Å²) in [7, 11) is 0. The van der Waals surface area contributed by atoms with E-state index in [-0.39, 0.29) is 5.91 Å². The molecule has 5 nitrogen and oxygen atoms in total. The molecule has 110 valence electrons. The Bertz CT molecular complexity index is 763. The number of rotatable bonds is 2. The van der Waals surface area contributed by atoms with Crippen LogP contribution in [0.3, 0.4) is 0 Å². The molecule has 0 atom stereocenters. The molecule has 22 heavy (non-hydrogen) atoms. The SMILES string of the molecule is CC(=O)Nc1cccc2c1CCN(c1ncccc1C#N)C2. The Morgan fingerprint density at radius 1 is 1.36 bits per heavy atom. The molecule has 1 aliphatic rings. The predicted octanol–water partition coefficient (Wildman–Crippen LogP) is 2.47. The lowest BCUT2D eigenvalue weighted by atomic mass is 9.97. The number of benzene rings is 1. The molecule has 1 aromatic heterocycles. The van der Waals surface area contributed by atoms with Crippen LogP contribution < -0.4 is 10.2 Å². The Hall–Kier alpha value is -2.87. The van der Waals surface area contributed by atoms with E-state index in [1.165, 1.54) is 12.5 Å². The average molecular weight is 292 g/mol. The van der Waals surface area contributed by atoms with Gasteiger partial charge in [-0.05, 0) is 35.7 Å². The van der Waals surface area contributed by atoms with Gasteiger partial charge in [-0.3, -0.25) is 4.79 Å². The molecule has 0 aliphatic carbocycles. The van der Waals surface area contributed by atoms with Gasteiger partial charge in [0.05, 0.1) is 5.56 Å². The van der Waals surface area contributed by atoms with E-state index in [9.17, 15) is 10.1 Å². The minimum atomic E-state index is -0.0627. The summed E-state index contributed by atoms with van der Waals surface area (Å²) in [5, 5.41) is 12.1. The van der Waals surface area contributed by atoms with Crippen LogP contribution >= 0.6 is 0 Å². The van der Waals surface area contributed by atoms with Crippen LogP contribution in [0.2, 0.25) is 0 Å². The van der Waals surface area contributed by atoms with Crippen molar-refractivity contribution >= 4 is 17.4 Å². The van der Waals surface area contributed by atoms with Crippen molar-refractivity contribution in [2.24, 2.45) is 0 Å². The summed E-state index contributed by atoms with van der Waals surface area (Å²) in [6, 6.07) is 11.7. The van der Waals surface area contributed by atoms with Crippen LogP contribution in [0.4, 0.5) is 11.5 Å². The quantitative estimate of drug-likeness (QED) is 0.923. The Morgan fingerprint density at radius 3 is 3.00 bits per heavy atom. The van der Waals surface area contributed by atoms with E-state index >= 15 is 0 Å². The largest absolute Gasteiger partial charge is 0.351 e. The number of carbonyl (C=O) groups excluding carboxylic acids is 1. The summed E-state index contributed by atoms with van der Waals surface area (Å²) in [5.74, 6) is 0.660. The third-order valence-corrected chi connectivity index (χ3v) is 3.78. The molecule has 1 N–H and O–H groups in total. The monoisotopic (exact) mass is 292 g/mol. The predicted molar refractivity (Wildman–Crippen MR) is 84.5 cm³/mol. The first kappa shape index (κ1) is 14.1. The highest BCUT2D eigenvalue weighted by Crippen LogP contribution is 2.29. The van der Waals surface area contributed by atoms with Crippen LogP contribution in [-0.4, -0.2) is 17.4 Å². The molecule has 3 rings (SSSR count). The van der Waals surface area contributed by atoms with Gasteiger partial charge in [-0.25, -0.2) is 4.98 Å². The lowest BCUT2D eigenvalue weighted by Gasteiger charge is -2.31. The number of anilines is 2. The highest BCUT2D eigenvalue weighted by molar-refractivity contribution is 5.89. The minimum Gasteiger partial charge on any atom is -0.351 e. The van der Waals surface area contributed by atoms with Gasteiger partial charge in [-0.15, -0.1) is 0 Å². The van der Waals surface area contributed by atoms with E-state index in [0.717, 1.165) is 30.0 Å². The van der Waals surface area contributed by atoms with E-state index in [4.69, 9.17) is 0 Å². The zero-order valence-corrected chi connectivity index (χ0v) is 12.3. The molecule has 0 fully saturated rings. The van der Waals surface area contributed by atoms with Gasteiger partial charge in [0, 0.05) is 31.9 Å². The van der Waals surface area contributed by atoms with Crippen LogP contribution in [0.25, 0.3) is 0 Å². The highest BCUT2D eigenvalue weighted by atomic mass is 16.1. The molecular weight excluding hydrogens is 276 g/mol. The Morgan fingerprint density at radius 2 is 2.23 bits per heavy atom. The number of hydrogen-bond acceptors (Lipinski definition) is 4. The van der Waals surface area contributed by atoms with Crippen molar-refractivity contribution in [1.82, 2.24) is 4.98 Å². The fourth-order valence-corrected chi connectivity index (χ4v) is 2.83. The fourth-order valence-electron chi connectivity index (χ4n) is 2.83. The number of nitrogens with one attached hydrogen (secondary N) is 1. The van der Waals surface area contributed by atoms with Crippen molar-refractivity contribution < 1.29 is 4.79 Å². The normalized spacial score (nSPS) is 13.2. The van der Waals surface area contributed by atoms with Crippen LogP contribution in [0, 0.1) is 11.3 Å². The summed E-state index contributed by atoms with van der Waals surface area (Å²) in [5.41, 5.74) is 3.80. The maximum Gasteiger partial charge on any atom is 0.221 e. The second-order valence-corrected chi connectivity index (χ2v) is 5.28. The molecule has 0 spiro atoms. The van der Waals surface area contributed by atoms with Crippen molar-refractivity contribution in [3.8, 4) is 6.07 Å². The summed E-state index contributed by atoms with van der Waals surface area (Å²) in [4.78, 5) is 17.8. The van der Waals surface area contributed by atoms with Gasteiger partial charge >= 0.3 is 0 Å². The summed E-state index contributed by atoms with van der Waals surface area (Å²) in [6.45, 7) is 2.98. The number of amides is 1. The van der Waals surface area contributed by atoms with Gasteiger partial charge in [-0.1, -0.05) is 12.1 Å². The molecule has 0 bridgehead atoms. The number of hydrogen-bond donors (Lipinski definition) is 1. The molecule has 2 aromatic rings. The molecule has 0 radical (unpaired) electrons. The van der Waals surface area contributed by atoms with Gasteiger partial charge in [0.1, 0.15) is 11.9 Å². The highest BCUT2D eigenvalue weighted by Gasteiger charge is 2.21. The average Bonchev–Trinajstić information content (AvgIpc) is 2.54. The minimum absolute atomic E-state index is 0.0627. The van der Waals surface area contributed by atoms with E-state index in [1.54, 1.807) is 18.3 Å². The van der Waals surface area contributed by atoms with E-state index in [0.29, 0.717) is 12.1 Å². The third kappa shape index (κ3) is 2.63. The van der Waals surface area contributed by atoms with Gasteiger partial charge in [0.15, 0.2) is 0 Å². The smallest absolute Gasteiger partial charge is 0.221 e. The Kier molecular flexibility index (Phi) is 3.75. The van der Waals surface area contributed by atoms with Crippen molar-refractivity contribution in [2.45, 2.75) is 19.9 Å². The summed E-state index contributed by atoms with van der Waals surface area (Å²) in [6.07, 6.45) is 2.52. The van der Waals surface area contributed by atoms with Crippen molar-refractivity contribution in [1.29, 1.82) is 5.26 Å². The number of fused-ring (bicyclic) bond motifs is 1. The maximum absolute atomic E-state index is 11.3. The molecule has 5 heteroatoms. The standard InChI is InChI=1S/C17H16N4O/c1-12(22)20-16-6-2-4-14-11-21(9-7-15(14)16)17-13(10-18)5-3-8-19-17/h2-6,8H,7,9,11H2,1H3,(H,20,22). The van der Waals surface area contributed by atoms with Crippen molar-refractivity contribution in [3.05, 3.63) is 53.2 Å². The molecular formula is C17H16N4O. The van der Waals surface area contributed by atoms with Crippen molar-refractivity contribution in [3.63, 3.8) is 0 Å². The Labute approximate surface area is 129 Å². The van der Waals surface area contributed by atoms with Crippen LogP contribution in [0.1, 0.15) is 23.6 Å². The third-order valence-electron chi connectivity index (χ3n) is 3.78. The van der Waals surface area contributed by atoms with Crippen LogP contribution in [0.15, 0.2) is 36.5 Å². The number of nitrogens with zero attached hydrogens (tertiary/aromatic N) is 3.